The van der Waals surface area contributed by atoms with E-state index >= 15 is 0 Å². The first-order valence-corrected chi connectivity index (χ1v) is 8.40. The monoisotopic (exact) mass is 333 g/mol. The summed E-state index contributed by atoms with van der Waals surface area (Å²) in [4.78, 5) is 24.0. The first-order chi connectivity index (χ1) is 12.4. The highest BCUT2D eigenvalue weighted by molar-refractivity contribution is 5.47. The highest BCUT2D eigenvalue weighted by atomic mass is 15.2. The Morgan fingerprint density at radius 2 is 1.84 bits per heavy atom. The van der Waals surface area contributed by atoms with Gasteiger partial charge in [0.15, 0.2) is 0 Å². The third-order valence-electron chi connectivity index (χ3n) is 4.37. The molecule has 0 atom stereocenters. The van der Waals surface area contributed by atoms with Gasteiger partial charge in [-0.1, -0.05) is 6.07 Å². The van der Waals surface area contributed by atoms with Crippen molar-refractivity contribution in [2.75, 3.05) is 23.3 Å². The number of pyridine rings is 1. The zero-order valence-electron chi connectivity index (χ0n) is 13.8. The van der Waals surface area contributed by atoms with Crippen LogP contribution >= 0.6 is 0 Å². The standard InChI is InChI=1S/C18H19N7/c1-2-7-20-16(3-1)24-18-22-8-4-15(23-18)14-5-11-25(12-6-14)17-13-19-9-10-21-17/h1-4,7-10,13-14H,5-6,11-12H2,(H,20,22,23,24). The van der Waals surface area contributed by atoms with Crippen molar-refractivity contribution >= 4 is 17.6 Å². The fraction of sp³-hybridized carbons (Fsp3) is 0.278. The van der Waals surface area contributed by atoms with Crippen LogP contribution in [0.3, 0.4) is 0 Å². The Labute approximate surface area is 146 Å². The van der Waals surface area contributed by atoms with Crippen LogP contribution in [0, 0.1) is 0 Å². The number of hydrogen-bond acceptors (Lipinski definition) is 7. The van der Waals surface area contributed by atoms with Gasteiger partial charge in [-0.05, 0) is 31.0 Å². The van der Waals surface area contributed by atoms with Crippen LogP contribution in [0.25, 0.3) is 0 Å². The van der Waals surface area contributed by atoms with Crippen molar-refractivity contribution in [1.82, 2.24) is 24.9 Å². The Bertz CT molecular complexity index is 802. The molecule has 0 aromatic carbocycles. The molecule has 7 heteroatoms. The molecule has 1 aliphatic rings. The summed E-state index contributed by atoms with van der Waals surface area (Å²) in [6.07, 6.45) is 10.9. The molecule has 1 fully saturated rings. The van der Waals surface area contributed by atoms with Crippen molar-refractivity contribution in [1.29, 1.82) is 0 Å². The largest absolute Gasteiger partial charge is 0.355 e. The topological polar surface area (TPSA) is 79.7 Å². The molecule has 4 rings (SSSR count). The summed E-state index contributed by atoms with van der Waals surface area (Å²) < 4.78 is 0. The van der Waals surface area contributed by atoms with Crippen LogP contribution in [0.1, 0.15) is 24.5 Å². The summed E-state index contributed by atoms with van der Waals surface area (Å²) in [5.74, 6) is 2.71. The molecule has 7 nitrogen and oxygen atoms in total. The maximum atomic E-state index is 4.68. The van der Waals surface area contributed by atoms with Gasteiger partial charge in [0.05, 0.1) is 6.20 Å². The van der Waals surface area contributed by atoms with Gasteiger partial charge in [0.2, 0.25) is 5.95 Å². The Morgan fingerprint density at radius 3 is 2.60 bits per heavy atom. The molecule has 0 radical (unpaired) electrons. The molecule has 1 saturated heterocycles. The number of anilines is 3. The van der Waals surface area contributed by atoms with Gasteiger partial charge in [-0.25, -0.2) is 19.9 Å². The van der Waals surface area contributed by atoms with Gasteiger partial charge < -0.3 is 10.2 Å². The smallest absolute Gasteiger partial charge is 0.228 e. The van der Waals surface area contributed by atoms with Gasteiger partial charge in [0, 0.05) is 49.5 Å². The van der Waals surface area contributed by atoms with E-state index in [9.17, 15) is 0 Å². The second kappa shape index (κ2) is 7.21. The van der Waals surface area contributed by atoms with E-state index in [2.05, 4.69) is 35.1 Å². The molecule has 0 unspecified atom stereocenters. The van der Waals surface area contributed by atoms with Crippen LogP contribution in [0.15, 0.2) is 55.2 Å². The second-order valence-corrected chi connectivity index (χ2v) is 5.97. The molecule has 3 aromatic heterocycles. The molecule has 1 aliphatic heterocycles. The summed E-state index contributed by atoms with van der Waals surface area (Å²) in [5.41, 5.74) is 1.08. The minimum Gasteiger partial charge on any atom is -0.355 e. The molecule has 25 heavy (non-hydrogen) atoms. The minimum absolute atomic E-state index is 0.431. The average molecular weight is 333 g/mol. The van der Waals surface area contributed by atoms with Crippen LogP contribution in [0.4, 0.5) is 17.6 Å². The quantitative estimate of drug-likeness (QED) is 0.786. The third-order valence-corrected chi connectivity index (χ3v) is 4.37. The second-order valence-electron chi connectivity index (χ2n) is 5.97. The first-order valence-electron chi connectivity index (χ1n) is 8.40. The number of piperidine rings is 1. The maximum absolute atomic E-state index is 4.68. The van der Waals surface area contributed by atoms with E-state index in [4.69, 9.17) is 0 Å². The van der Waals surface area contributed by atoms with E-state index in [-0.39, 0.29) is 0 Å². The van der Waals surface area contributed by atoms with Crippen molar-refractivity contribution in [3.63, 3.8) is 0 Å². The van der Waals surface area contributed by atoms with Crippen molar-refractivity contribution in [2.45, 2.75) is 18.8 Å². The van der Waals surface area contributed by atoms with Crippen molar-refractivity contribution < 1.29 is 0 Å². The Morgan fingerprint density at radius 1 is 0.920 bits per heavy atom. The van der Waals surface area contributed by atoms with E-state index in [1.807, 2.05) is 36.7 Å². The SMILES string of the molecule is c1ccc(Nc2nccc(C3CCN(c4cnccn4)CC3)n2)nc1. The van der Waals surface area contributed by atoms with Crippen LogP contribution in [-0.2, 0) is 0 Å². The number of aromatic nitrogens is 5. The van der Waals surface area contributed by atoms with Crippen molar-refractivity contribution in [3.05, 3.63) is 60.9 Å². The van der Waals surface area contributed by atoms with Gasteiger partial charge in [-0.15, -0.1) is 0 Å². The molecule has 3 aromatic rings. The molecule has 4 heterocycles. The lowest BCUT2D eigenvalue weighted by Crippen LogP contribution is -2.33. The predicted octanol–water partition coefficient (Wildman–Crippen LogP) is 2.79. The molecule has 0 bridgehead atoms. The van der Waals surface area contributed by atoms with Gasteiger partial charge in [0.1, 0.15) is 11.6 Å². The van der Waals surface area contributed by atoms with Crippen LogP contribution in [-0.4, -0.2) is 38.0 Å². The minimum atomic E-state index is 0.431. The summed E-state index contributed by atoms with van der Waals surface area (Å²) in [6, 6.07) is 7.72. The van der Waals surface area contributed by atoms with Gasteiger partial charge in [-0.3, -0.25) is 4.98 Å². The maximum Gasteiger partial charge on any atom is 0.228 e. The summed E-state index contributed by atoms with van der Waals surface area (Å²) >= 11 is 0. The first kappa shape index (κ1) is 15.4. The lowest BCUT2D eigenvalue weighted by atomic mass is 9.93. The molecule has 0 amide bonds. The summed E-state index contributed by atoms with van der Waals surface area (Å²) in [6.45, 7) is 1.91. The zero-order chi connectivity index (χ0) is 16.9. The van der Waals surface area contributed by atoms with Crippen LogP contribution in [0.2, 0.25) is 0 Å². The van der Waals surface area contributed by atoms with E-state index < -0.39 is 0 Å². The number of rotatable bonds is 4. The number of nitrogens with one attached hydrogen (secondary N) is 1. The Hall–Kier alpha value is -3.09. The lowest BCUT2D eigenvalue weighted by molar-refractivity contribution is 0.493. The zero-order valence-corrected chi connectivity index (χ0v) is 13.8. The summed E-state index contributed by atoms with van der Waals surface area (Å²) in [7, 11) is 0. The van der Waals surface area contributed by atoms with E-state index in [1.54, 1.807) is 18.6 Å². The molecule has 1 N–H and O–H groups in total. The normalized spacial score (nSPS) is 15.1. The highest BCUT2D eigenvalue weighted by Crippen LogP contribution is 2.28. The highest BCUT2D eigenvalue weighted by Gasteiger charge is 2.22. The third kappa shape index (κ3) is 3.71. The van der Waals surface area contributed by atoms with Gasteiger partial charge in [-0.2, -0.15) is 0 Å². The molecule has 0 spiro atoms. The van der Waals surface area contributed by atoms with Crippen LogP contribution in [0.5, 0.6) is 0 Å². The predicted molar refractivity (Wildman–Crippen MR) is 95.8 cm³/mol. The molecule has 0 aliphatic carbocycles. The van der Waals surface area contributed by atoms with E-state index in [1.165, 1.54) is 0 Å². The fourth-order valence-corrected chi connectivity index (χ4v) is 3.07. The molecular formula is C18H19N7. The molecule has 126 valence electrons. The summed E-state index contributed by atoms with van der Waals surface area (Å²) in [5, 5.41) is 3.16. The Kier molecular flexibility index (Phi) is 4.45. The van der Waals surface area contributed by atoms with Gasteiger partial charge >= 0.3 is 0 Å². The number of nitrogens with zero attached hydrogens (tertiary/aromatic N) is 6. The van der Waals surface area contributed by atoms with Gasteiger partial charge in [0.25, 0.3) is 0 Å². The number of hydrogen-bond donors (Lipinski definition) is 1. The van der Waals surface area contributed by atoms with Crippen molar-refractivity contribution in [3.8, 4) is 0 Å². The van der Waals surface area contributed by atoms with E-state index in [0.29, 0.717) is 11.9 Å². The van der Waals surface area contributed by atoms with E-state index in [0.717, 1.165) is 43.3 Å². The van der Waals surface area contributed by atoms with Crippen LogP contribution < -0.4 is 10.2 Å². The fourth-order valence-electron chi connectivity index (χ4n) is 3.07. The Balaban J connectivity index is 1.42. The lowest BCUT2D eigenvalue weighted by Gasteiger charge is -2.32. The molecule has 0 saturated carbocycles. The van der Waals surface area contributed by atoms with Crippen molar-refractivity contribution in [2.24, 2.45) is 0 Å². The average Bonchev–Trinajstić information content (AvgIpc) is 2.70. The molecular weight excluding hydrogens is 314 g/mol.